The Bertz CT molecular complexity index is 903. The van der Waals surface area contributed by atoms with E-state index in [1.54, 1.807) is 26.0 Å². The van der Waals surface area contributed by atoms with E-state index in [1.807, 2.05) is 0 Å². The highest BCUT2D eigenvalue weighted by atomic mass is 35.5. The molecule has 0 aliphatic heterocycles. The molecule has 0 aliphatic rings. The molecule has 0 spiro atoms. The van der Waals surface area contributed by atoms with E-state index in [-0.39, 0.29) is 33.9 Å². The van der Waals surface area contributed by atoms with Gasteiger partial charge < -0.3 is 10.6 Å². The molecule has 2 aromatic rings. The fraction of sp³-hybridized carbons (Fsp3) is 0.300. The van der Waals surface area contributed by atoms with E-state index >= 15 is 0 Å². The van der Waals surface area contributed by atoms with Gasteiger partial charge in [-0.3, -0.25) is 19.7 Å². The molecule has 0 saturated heterocycles. The Hall–Kier alpha value is -3.00. The molecule has 0 radical (unpaired) electrons. The molecule has 29 heavy (non-hydrogen) atoms. The van der Waals surface area contributed by atoms with E-state index in [9.17, 15) is 24.1 Å². The van der Waals surface area contributed by atoms with Crippen LogP contribution in [0.15, 0.2) is 42.5 Å². The maximum atomic E-state index is 12.9. The highest BCUT2D eigenvalue weighted by molar-refractivity contribution is 6.32. The zero-order valence-corrected chi connectivity index (χ0v) is 16.7. The second-order valence-corrected chi connectivity index (χ2v) is 7.19. The van der Waals surface area contributed by atoms with Gasteiger partial charge in [0.05, 0.1) is 4.92 Å². The summed E-state index contributed by atoms with van der Waals surface area (Å²) in [5.74, 6) is -1.54. The summed E-state index contributed by atoms with van der Waals surface area (Å²) in [5.41, 5.74) is 0.514. The van der Waals surface area contributed by atoms with Gasteiger partial charge in [0.25, 0.3) is 11.6 Å². The number of benzene rings is 2. The largest absolute Gasteiger partial charge is 0.354 e. The number of amides is 2. The van der Waals surface area contributed by atoms with Crippen molar-refractivity contribution in [2.75, 3.05) is 6.54 Å². The van der Waals surface area contributed by atoms with Crippen molar-refractivity contribution in [2.24, 2.45) is 5.92 Å². The van der Waals surface area contributed by atoms with Gasteiger partial charge in [0, 0.05) is 18.2 Å². The highest BCUT2D eigenvalue weighted by Crippen LogP contribution is 2.25. The molecule has 0 fully saturated rings. The smallest absolute Gasteiger partial charge is 0.288 e. The first-order valence-corrected chi connectivity index (χ1v) is 9.33. The molecule has 0 heterocycles. The minimum absolute atomic E-state index is 0.0332. The lowest BCUT2D eigenvalue weighted by molar-refractivity contribution is -0.384. The zero-order valence-electron chi connectivity index (χ0n) is 15.9. The maximum absolute atomic E-state index is 12.9. The zero-order chi connectivity index (χ0) is 21.6. The molecular formula is C20H21ClFN3O4. The summed E-state index contributed by atoms with van der Waals surface area (Å²) >= 11 is 5.76. The third-order valence-electron chi connectivity index (χ3n) is 4.27. The Labute approximate surface area is 172 Å². The van der Waals surface area contributed by atoms with Crippen LogP contribution in [0.2, 0.25) is 5.02 Å². The van der Waals surface area contributed by atoms with E-state index in [1.165, 1.54) is 24.3 Å². The van der Waals surface area contributed by atoms with Crippen molar-refractivity contribution in [2.45, 2.75) is 26.3 Å². The Morgan fingerprint density at radius 1 is 1.17 bits per heavy atom. The first kappa shape index (κ1) is 22.3. The van der Waals surface area contributed by atoms with Crippen molar-refractivity contribution in [3.05, 3.63) is 74.5 Å². The maximum Gasteiger partial charge on any atom is 0.288 e. The minimum atomic E-state index is -0.828. The van der Waals surface area contributed by atoms with Crippen molar-refractivity contribution in [1.82, 2.24) is 10.6 Å². The number of rotatable bonds is 8. The van der Waals surface area contributed by atoms with Gasteiger partial charge in [-0.25, -0.2) is 4.39 Å². The minimum Gasteiger partial charge on any atom is -0.354 e. The van der Waals surface area contributed by atoms with Crippen molar-refractivity contribution in [3.8, 4) is 0 Å². The van der Waals surface area contributed by atoms with Gasteiger partial charge in [-0.1, -0.05) is 37.6 Å². The normalized spacial score (nSPS) is 11.8. The molecule has 154 valence electrons. The molecule has 2 N–H and O–H groups in total. The van der Waals surface area contributed by atoms with Crippen molar-refractivity contribution in [1.29, 1.82) is 0 Å². The van der Waals surface area contributed by atoms with Crippen molar-refractivity contribution >= 4 is 29.1 Å². The molecule has 0 aromatic heterocycles. The van der Waals surface area contributed by atoms with E-state index < -0.39 is 16.9 Å². The molecule has 2 aromatic carbocycles. The lowest BCUT2D eigenvalue weighted by Gasteiger charge is -2.22. The van der Waals surface area contributed by atoms with Gasteiger partial charge in [0.15, 0.2) is 0 Å². The predicted octanol–water partition coefficient (Wildman–Crippen LogP) is 3.50. The summed E-state index contributed by atoms with van der Waals surface area (Å²) in [6.07, 6.45) is 0.508. The fourth-order valence-corrected chi connectivity index (χ4v) is 2.83. The quantitative estimate of drug-likeness (QED) is 0.503. The van der Waals surface area contributed by atoms with Crippen LogP contribution in [-0.4, -0.2) is 29.3 Å². The summed E-state index contributed by atoms with van der Waals surface area (Å²) in [6, 6.07) is 8.83. The Morgan fingerprint density at radius 3 is 2.41 bits per heavy atom. The van der Waals surface area contributed by atoms with E-state index in [0.29, 0.717) is 13.0 Å². The van der Waals surface area contributed by atoms with Crippen LogP contribution < -0.4 is 10.6 Å². The number of hydrogen-bond acceptors (Lipinski definition) is 4. The van der Waals surface area contributed by atoms with Crippen LogP contribution in [0.3, 0.4) is 0 Å². The third-order valence-corrected chi connectivity index (χ3v) is 4.59. The van der Waals surface area contributed by atoms with E-state index in [2.05, 4.69) is 10.6 Å². The number of hydrogen-bond donors (Lipinski definition) is 2. The number of carbonyl (C=O) groups is 2. The molecule has 9 heteroatoms. The Kier molecular flexibility index (Phi) is 7.67. The average Bonchev–Trinajstić information content (AvgIpc) is 2.67. The monoisotopic (exact) mass is 421 g/mol. The topological polar surface area (TPSA) is 101 Å². The summed E-state index contributed by atoms with van der Waals surface area (Å²) < 4.78 is 12.9. The molecule has 1 atom stereocenters. The number of nitro benzene ring substituents is 1. The second-order valence-electron chi connectivity index (χ2n) is 6.79. The van der Waals surface area contributed by atoms with Gasteiger partial charge in [-0.05, 0) is 42.2 Å². The van der Waals surface area contributed by atoms with Crippen LogP contribution in [-0.2, 0) is 11.2 Å². The first-order chi connectivity index (χ1) is 13.7. The van der Waals surface area contributed by atoms with Gasteiger partial charge in [-0.2, -0.15) is 0 Å². The molecule has 2 rings (SSSR count). The van der Waals surface area contributed by atoms with Crippen LogP contribution in [0.5, 0.6) is 0 Å². The van der Waals surface area contributed by atoms with Crippen LogP contribution in [0, 0.1) is 21.8 Å². The van der Waals surface area contributed by atoms with E-state index in [0.717, 1.165) is 11.6 Å². The predicted molar refractivity (Wildman–Crippen MR) is 107 cm³/mol. The van der Waals surface area contributed by atoms with Crippen LogP contribution in [0.1, 0.15) is 29.8 Å². The number of nitrogens with zero attached hydrogens (tertiary/aromatic N) is 1. The van der Waals surface area contributed by atoms with Gasteiger partial charge >= 0.3 is 0 Å². The van der Waals surface area contributed by atoms with Gasteiger partial charge in [0.1, 0.15) is 16.9 Å². The first-order valence-electron chi connectivity index (χ1n) is 8.96. The van der Waals surface area contributed by atoms with Crippen molar-refractivity contribution < 1.29 is 18.9 Å². The van der Waals surface area contributed by atoms with E-state index in [4.69, 9.17) is 11.6 Å². The molecule has 7 nitrogen and oxygen atoms in total. The summed E-state index contributed by atoms with van der Waals surface area (Å²) in [5, 5.41) is 16.3. The average molecular weight is 422 g/mol. The molecule has 0 bridgehead atoms. The second kappa shape index (κ2) is 9.97. The van der Waals surface area contributed by atoms with Gasteiger partial charge in [0.2, 0.25) is 5.91 Å². The van der Waals surface area contributed by atoms with Crippen LogP contribution >= 0.6 is 11.6 Å². The number of nitro groups is 1. The summed E-state index contributed by atoms with van der Waals surface area (Å²) in [6.45, 7) is 3.86. The number of carbonyl (C=O) groups excluding carboxylic acids is 2. The number of halogens is 2. The Morgan fingerprint density at radius 2 is 1.83 bits per heavy atom. The Balaban J connectivity index is 2.00. The lowest BCUT2D eigenvalue weighted by Crippen LogP contribution is -2.50. The standard InChI is InChI=1S/C20H21ClFN3O4/c1-12(2)18(20(27)23-10-9-13-3-6-15(22)7-4-13)24-19(26)14-5-8-16(21)17(11-14)25(28)29/h3-8,11-12,18H,9-10H2,1-2H3,(H,23,27)(H,24,26). The van der Waals surface area contributed by atoms with Crippen LogP contribution in [0.25, 0.3) is 0 Å². The fourth-order valence-electron chi connectivity index (χ4n) is 2.64. The molecular weight excluding hydrogens is 401 g/mol. The van der Waals surface area contributed by atoms with Crippen molar-refractivity contribution in [3.63, 3.8) is 0 Å². The summed E-state index contributed by atoms with van der Waals surface area (Å²) in [4.78, 5) is 35.3. The molecule has 1 unspecified atom stereocenters. The highest BCUT2D eigenvalue weighted by Gasteiger charge is 2.25. The summed E-state index contributed by atoms with van der Waals surface area (Å²) in [7, 11) is 0. The molecule has 0 saturated carbocycles. The molecule has 0 aliphatic carbocycles. The SMILES string of the molecule is CC(C)C(NC(=O)c1ccc(Cl)c([N+](=O)[O-])c1)C(=O)NCCc1ccc(F)cc1. The number of nitrogens with one attached hydrogen (secondary N) is 2. The lowest BCUT2D eigenvalue weighted by atomic mass is 10.0. The third kappa shape index (κ3) is 6.25. The van der Waals surface area contributed by atoms with Gasteiger partial charge in [-0.15, -0.1) is 0 Å². The van der Waals surface area contributed by atoms with Crippen LogP contribution in [0.4, 0.5) is 10.1 Å². The molecule has 2 amide bonds.